The van der Waals surface area contributed by atoms with Crippen molar-refractivity contribution in [2.24, 2.45) is 0 Å². The Labute approximate surface area is 113 Å². The second-order valence-corrected chi connectivity index (χ2v) is 4.47. The molecule has 0 aliphatic rings. The molecular weight excluding hydrogens is 271 g/mol. The van der Waals surface area contributed by atoms with Gasteiger partial charge in [-0.15, -0.1) is 11.8 Å². The van der Waals surface area contributed by atoms with Gasteiger partial charge < -0.3 is 9.26 Å². The van der Waals surface area contributed by atoms with Gasteiger partial charge in [-0.1, -0.05) is 17.3 Å². The molecule has 7 heteroatoms. The fraction of sp³-hybridized carbons (Fsp3) is 0.250. The second-order valence-electron chi connectivity index (χ2n) is 3.46. The fourth-order valence-electron chi connectivity index (χ4n) is 1.29. The molecule has 0 saturated carbocycles. The van der Waals surface area contributed by atoms with Gasteiger partial charge in [-0.05, 0) is 19.1 Å². The Bertz CT molecular complexity index is 574. The van der Waals surface area contributed by atoms with Gasteiger partial charge in [0.2, 0.25) is 0 Å². The summed E-state index contributed by atoms with van der Waals surface area (Å²) in [5.74, 6) is -0.523. The molecule has 0 saturated heterocycles. The van der Waals surface area contributed by atoms with Crippen LogP contribution < -0.4 is 0 Å². The lowest BCUT2D eigenvalue weighted by atomic mass is 10.3. The molecule has 0 radical (unpaired) electrons. The third-order valence-electron chi connectivity index (χ3n) is 2.11. The topological polar surface area (TPSA) is 65.2 Å². The Kier molecular flexibility index (Phi) is 4.51. The van der Waals surface area contributed by atoms with E-state index in [4.69, 9.17) is 9.26 Å². The van der Waals surface area contributed by atoms with Crippen LogP contribution in [0.5, 0.6) is 0 Å². The number of hydrogen-bond acceptors (Lipinski definition) is 6. The summed E-state index contributed by atoms with van der Waals surface area (Å²) in [5, 5.41) is 3.63. The van der Waals surface area contributed by atoms with Crippen LogP contribution in [0.2, 0.25) is 0 Å². The number of ether oxygens (including phenoxy) is 1. The van der Waals surface area contributed by atoms with Crippen molar-refractivity contribution in [1.82, 2.24) is 10.1 Å². The monoisotopic (exact) mass is 282 g/mol. The lowest BCUT2D eigenvalue weighted by Gasteiger charge is -1.99. The smallest absolute Gasteiger partial charge is 0.397 e. The minimum Gasteiger partial charge on any atom is -0.459 e. The van der Waals surface area contributed by atoms with Crippen LogP contribution in [0.1, 0.15) is 23.4 Å². The Morgan fingerprint density at radius 1 is 1.47 bits per heavy atom. The molecule has 0 spiro atoms. The molecule has 1 aromatic carbocycles. The molecule has 0 unspecified atom stereocenters. The molecule has 2 aromatic rings. The maximum absolute atomic E-state index is 13.4. The maximum atomic E-state index is 13.4. The van der Waals surface area contributed by atoms with E-state index in [9.17, 15) is 9.18 Å². The number of rotatable bonds is 5. The van der Waals surface area contributed by atoms with E-state index in [1.165, 1.54) is 17.8 Å². The minimum atomic E-state index is -0.655. The van der Waals surface area contributed by atoms with Crippen LogP contribution in [-0.2, 0) is 10.5 Å². The Hall–Kier alpha value is -1.89. The number of benzene rings is 1. The third kappa shape index (κ3) is 3.54. The summed E-state index contributed by atoms with van der Waals surface area (Å²) in [6.45, 7) is 1.92. The van der Waals surface area contributed by atoms with Gasteiger partial charge in [0.25, 0.3) is 0 Å². The molecular formula is C12H11FN2O3S. The highest BCUT2D eigenvalue weighted by Gasteiger charge is 2.16. The van der Waals surface area contributed by atoms with Crippen molar-refractivity contribution in [3.05, 3.63) is 41.8 Å². The van der Waals surface area contributed by atoms with E-state index in [0.717, 1.165) is 0 Å². The largest absolute Gasteiger partial charge is 0.459 e. The van der Waals surface area contributed by atoms with Crippen LogP contribution in [0, 0.1) is 5.82 Å². The Morgan fingerprint density at radius 3 is 3.00 bits per heavy atom. The van der Waals surface area contributed by atoms with Gasteiger partial charge in [0, 0.05) is 4.90 Å². The van der Waals surface area contributed by atoms with E-state index < -0.39 is 5.97 Å². The van der Waals surface area contributed by atoms with Crippen LogP contribution in [-0.4, -0.2) is 22.7 Å². The summed E-state index contributed by atoms with van der Waals surface area (Å²) >= 11 is 1.23. The van der Waals surface area contributed by atoms with E-state index in [2.05, 4.69) is 10.1 Å². The molecule has 0 fully saturated rings. The summed E-state index contributed by atoms with van der Waals surface area (Å²) in [4.78, 5) is 15.7. The van der Waals surface area contributed by atoms with Crippen LogP contribution in [0.4, 0.5) is 4.39 Å². The fourth-order valence-corrected chi connectivity index (χ4v) is 2.07. The molecule has 0 aliphatic carbocycles. The Balaban J connectivity index is 1.97. The maximum Gasteiger partial charge on any atom is 0.397 e. The first kappa shape index (κ1) is 13.5. The van der Waals surface area contributed by atoms with Gasteiger partial charge in [0.1, 0.15) is 5.82 Å². The number of halogens is 1. The highest BCUT2D eigenvalue weighted by Crippen LogP contribution is 2.24. The van der Waals surface area contributed by atoms with Crippen LogP contribution in [0.3, 0.4) is 0 Å². The zero-order valence-electron chi connectivity index (χ0n) is 10.1. The molecule has 100 valence electrons. The lowest BCUT2D eigenvalue weighted by molar-refractivity contribution is 0.0470. The number of aromatic nitrogens is 2. The standard InChI is InChI=1S/C12H11FN2O3S/c1-2-17-12(16)11-14-10(15-18-11)7-19-9-6-4-3-5-8(9)13/h3-6H,2,7H2,1H3. The average Bonchev–Trinajstić information content (AvgIpc) is 2.87. The SMILES string of the molecule is CCOC(=O)c1nc(CSc2ccccc2F)no1. The molecule has 0 bridgehead atoms. The summed E-state index contributed by atoms with van der Waals surface area (Å²) in [6, 6.07) is 6.40. The Morgan fingerprint density at radius 2 is 2.26 bits per heavy atom. The van der Waals surface area contributed by atoms with E-state index in [-0.39, 0.29) is 18.3 Å². The van der Waals surface area contributed by atoms with Gasteiger partial charge >= 0.3 is 11.9 Å². The average molecular weight is 282 g/mol. The van der Waals surface area contributed by atoms with Gasteiger partial charge in [0.15, 0.2) is 5.82 Å². The lowest BCUT2D eigenvalue weighted by Crippen LogP contribution is -2.04. The molecule has 0 amide bonds. The van der Waals surface area contributed by atoms with Crippen molar-refractivity contribution in [2.75, 3.05) is 6.61 Å². The summed E-state index contributed by atoms with van der Waals surface area (Å²) in [6.07, 6.45) is 0. The molecule has 19 heavy (non-hydrogen) atoms. The van der Waals surface area contributed by atoms with Crippen LogP contribution in [0.25, 0.3) is 0 Å². The number of hydrogen-bond donors (Lipinski definition) is 0. The molecule has 0 N–H and O–H groups in total. The minimum absolute atomic E-state index is 0.189. The quantitative estimate of drug-likeness (QED) is 0.620. The van der Waals surface area contributed by atoms with Gasteiger partial charge in [0.05, 0.1) is 12.4 Å². The highest BCUT2D eigenvalue weighted by molar-refractivity contribution is 7.98. The van der Waals surface area contributed by atoms with Crippen molar-refractivity contribution < 1.29 is 18.4 Å². The van der Waals surface area contributed by atoms with Crippen molar-refractivity contribution in [1.29, 1.82) is 0 Å². The van der Waals surface area contributed by atoms with Crippen molar-refractivity contribution in [2.45, 2.75) is 17.6 Å². The number of nitrogens with zero attached hydrogens (tertiary/aromatic N) is 2. The zero-order valence-corrected chi connectivity index (χ0v) is 10.9. The summed E-state index contributed by atoms with van der Waals surface area (Å²) in [5.41, 5.74) is 0. The summed E-state index contributed by atoms with van der Waals surface area (Å²) < 4.78 is 22.8. The zero-order chi connectivity index (χ0) is 13.7. The summed E-state index contributed by atoms with van der Waals surface area (Å²) in [7, 11) is 0. The van der Waals surface area contributed by atoms with Crippen LogP contribution >= 0.6 is 11.8 Å². The molecule has 0 atom stereocenters. The predicted octanol–water partition coefficient (Wildman–Crippen LogP) is 2.68. The van der Waals surface area contributed by atoms with Gasteiger partial charge in [-0.3, -0.25) is 0 Å². The molecule has 2 rings (SSSR count). The van der Waals surface area contributed by atoms with Crippen molar-refractivity contribution in [3.63, 3.8) is 0 Å². The molecule has 5 nitrogen and oxygen atoms in total. The van der Waals surface area contributed by atoms with Crippen molar-refractivity contribution in [3.8, 4) is 0 Å². The number of carbonyl (C=O) groups is 1. The van der Waals surface area contributed by atoms with Crippen molar-refractivity contribution >= 4 is 17.7 Å². The third-order valence-corrected chi connectivity index (χ3v) is 3.16. The van der Waals surface area contributed by atoms with E-state index in [0.29, 0.717) is 16.5 Å². The molecule has 1 heterocycles. The first-order chi connectivity index (χ1) is 9.20. The van der Waals surface area contributed by atoms with Crippen LogP contribution in [0.15, 0.2) is 33.7 Å². The normalized spacial score (nSPS) is 10.4. The molecule has 0 aliphatic heterocycles. The first-order valence-electron chi connectivity index (χ1n) is 5.57. The highest BCUT2D eigenvalue weighted by atomic mass is 32.2. The van der Waals surface area contributed by atoms with Gasteiger partial charge in [-0.25, -0.2) is 9.18 Å². The number of esters is 1. The van der Waals surface area contributed by atoms with E-state index in [1.54, 1.807) is 25.1 Å². The second kappa shape index (κ2) is 6.33. The van der Waals surface area contributed by atoms with E-state index >= 15 is 0 Å². The predicted molar refractivity (Wildman–Crippen MR) is 66.2 cm³/mol. The number of carbonyl (C=O) groups excluding carboxylic acids is 1. The van der Waals surface area contributed by atoms with E-state index in [1.807, 2.05) is 0 Å². The first-order valence-corrected chi connectivity index (χ1v) is 6.56. The number of thioether (sulfide) groups is 1. The van der Waals surface area contributed by atoms with Gasteiger partial charge in [-0.2, -0.15) is 4.98 Å². The molecule has 1 aromatic heterocycles.